The van der Waals surface area contributed by atoms with Crippen molar-refractivity contribution in [2.75, 3.05) is 33.2 Å². The van der Waals surface area contributed by atoms with Gasteiger partial charge >= 0.3 is 6.03 Å². The van der Waals surface area contributed by atoms with E-state index in [0.29, 0.717) is 11.8 Å². The third-order valence-corrected chi connectivity index (χ3v) is 2.89. The van der Waals surface area contributed by atoms with Crippen molar-refractivity contribution in [3.8, 4) is 0 Å². The zero-order valence-electron chi connectivity index (χ0n) is 7.34. The van der Waals surface area contributed by atoms with Gasteiger partial charge in [0, 0.05) is 33.2 Å². The molecule has 0 saturated carbocycles. The molecule has 2 amide bonds. The minimum Gasteiger partial charge on any atom is -0.341 e. The fraction of sp³-hybridized carbons (Fsp3) is 0.875. The van der Waals surface area contributed by atoms with Crippen LogP contribution in [-0.4, -0.2) is 44.2 Å². The molecule has 0 aromatic rings. The van der Waals surface area contributed by atoms with E-state index >= 15 is 0 Å². The predicted octanol–water partition coefficient (Wildman–Crippen LogP) is -0.523. The first-order valence-corrected chi connectivity index (χ1v) is 4.48. The van der Waals surface area contributed by atoms with Gasteiger partial charge in [0.1, 0.15) is 0 Å². The Morgan fingerprint density at radius 1 is 1.42 bits per heavy atom. The number of carbonyl (C=O) groups is 1. The van der Waals surface area contributed by atoms with Crippen molar-refractivity contribution in [2.24, 2.45) is 11.8 Å². The highest BCUT2D eigenvalue weighted by Gasteiger charge is 2.37. The molecule has 12 heavy (non-hydrogen) atoms. The Kier molecular flexibility index (Phi) is 1.92. The molecular weight excluding hydrogens is 154 g/mol. The summed E-state index contributed by atoms with van der Waals surface area (Å²) in [6, 6.07) is 0.0735. The van der Waals surface area contributed by atoms with Crippen LogP contribution in [0.25, 0.3) is 0 Å². The van der Waals surface area contributed by atoms with Crippen LogP contribution < -0.4 is 10.6 Å². The van der Waals surface area contributed by atoms with Gasteiger partial charge in [-0.3, -0.25) is 0 Å². The number of hydrogen-bond donors (Lipinski definition) is 2. The summed E-state index contributed by atoms with van der Waals surface area (Å²) in [5, 5.41) is 6.01. The fourth-order valence-electron chi connectivity index (χ4n) is 2.18. The molecule has 0 bridgehead atoms. The monoisotopic (exact) mass is 169 g/mol. The second-order valence-electron chi connectivity index (χ2n) is 3.64. The third kappa shape index (κ3) is 1.16. The topological polar surface area (TPSA) is 44.4 Å². The molecule has 68 valence electrons. The van der Waals surface area contributed by atoms with Crippen LogP contribution in [0.2, 0.25) is 0 Å². The summed E-state index contributed by atoms with van der Waals surface area (Å²) in [5.41, 5.74) is 0. The van der Waals surface area contributed by atoms with Crippen molar-refractivity contribution in [3.05, 3.63) is 0 Å². The molecule has 2 atom stereocenters. The summed E-state index contributed by atoms with van der Waals surface area (Å²) in [4.78, 5) is 13.2. The minimum absolute atomic E-state index is 0.0735. The Bertz CT molecular complexity index is 183. The lowest BCUT2D eigenvalue weighted by molar-refractivity contribution is 0.207. The van der Waals surface area contributed by atoms with E-state index in [4.69, 9.17) is 0 Å². The standard InChI is InChI=1S/C8H15N3O/c1-9-8(12)11-4-6-2-10-3-7(6)5-11/h6-7,10H,2-5H2,1H3,(H,9,12). The van der Waals surface area contributed by atoms with Crippen LogP contribution in [0, 0.1) is 11.8 Å². The summed E-state index contributed by atoms with van der Waals surface area (Å²) < 4.78 is 0. The molecular formula is C8H15N3O. The van der Waals surface area contributed by atoms with Crippen molar-refractivity contribution in [1.82, 2.24) is 15.5 Å². The SMILES string of the molecule is CNC(=O)N1CC2CNCC2C1. The van der Waals surface area contributed by atoms with Crippen LogP contribution in [0.1, 0.15) is 0 Å². The van der Waals surface area contributed by atoms with Gasteiger partial charge in [-0.1, -0.05) is 0 Å². The molecule has 2 heterocycles. The summed E-state index contributed by atoms with van der Waals surface area (Å²) >= 11 is 0. The van der Waals surface area contributed by atoms with E-state index in [2.05, 4.69) is 10.6 Å². The van der Waals surface area contributed by atoms with E-state index in [0.717, 1.165) is 26.2 Å². The van der Waals surface area contributed by atoms with Crippen molar-refractivity contribution < 1.29 is 4.79 Å². The van der Waals surface area contributed by atoms with Gasteiger partial charge in [-0.15, -0.1) is 0 Å². The maximum atomic E-state index is 11.2. The number of hydrogen-bond acceptors (Lipinski definition) is 2. The third-order valence-electron chi connectivity index (χ3n) is 2.89. The molecule has 4 nitrogen and oxygen atoms in total. The number of urea groups is 1. The van der Waals surface area contributed by atoms with Crippen LogP contribution in [0.3, 0.4) is 0 Å². The average molecular weight is 169 g/mol. The molecule has 2 fully saturated rings. The quantitative estimate of drug-likeness (QED) is 0.512. The summed E-state index contributed by atoms with van der Waals surface area (Å²) in [5.74, 6) is 1.39. The second kappa shape index (κ2) is 2.94. The molecule has 0 aliphatic carbocycles. The van der Waals surface area contributed by atoms with Gasteiger partial charge in [0.05, 0.1) is 0 Å². The molecule has 2 unspecified atom stereocenters. The highest BCUT2D eigenvalue weighted by molar-refractivity contribution is 5.74. The molecule has 0 spiro atoms. The summed E-state index contributed by atoms with van der Waals surface area (Å²) in [6.45, 7) is 4.02. The first kappa shape index (κ1) is 7.86. The van der Waals surface area contributed by atoms with E-state index < -0.39 is 0 Å². The van der Waals surface area contributed by atoms with E-state index in [9.17, 15) is 4.79 Å². The number of rotatable bonds is 0. The van der Waals surface area contributed by atoms with Crippen LogP contribution >= 0.6 is 0 Å². The number of carbonyl (C=O) groups excluding carboxylic acids is 1. The summed E-state index contributed by atoms with van der Waals surface area (Å²) in [6.07, 6.45) is 0. The highest BCUT2D eigenvalue weighted by atomic mass is 16.2. The number of fused-ring (bicyclic) bond motifs is 1. The highest BCUT2D eigenvalue weighted by Crippen LogP contribution is 2.25. The van der Waals surface area contributed by atoms with Gasteiger partial charge in [0.15, 0.2) is 0 Å². The maximum Gasteiger partial charge on any atom is 0.317 e. The van der Waals surface area contributed by atoms with E-state index in [1.54, 1.807) is 7.05 Å². The molecule has 2 saturated heterocycles. The van der Waals surface area contributed by atoms with Gasteiger partial charge in [-0.05, 0) is 11.8 Å². The first-order valence-electron chi connectivity index (χ1n) is 4.48. The molecule has 2 N–H and O–H groups in total. The number of likely N-dealkylation sites (tertiary alicyclic amines) is 1. The lowest BCUT2D eigenvalue weighted by Crippen LogP contribution is -2.38. The molecule has 0 aromatic heterocycles. The smallest absolute Gasteiger partial charge is 0.317 e. The van der Waals surface area contributed by atoms with Gasteiger partial charge in [-0.2, -0.15) is 0 Å². The van der Waals surface area contributed by atoms with Crippen molar-refractivity contribution in [1.29, 1.82) is 0 Å². The molecule has 2 aliphatic heterocycles. The molecule has 0 aromatic carbocycles. The van der Waals surface area contributed by atoms with Gasteiger partial charge < -0.3 is 15.5 Å². The Hall–Kier alpha value is -0.770. The van der Waals surface area contributed by atoms with Crippen LogP contribution in [0.5, 0.6) is 0 Å². The van der Waals surface area contributed by atoms with Crippen LogP contribution in [0.4, 0.5) is 4.79 Å². The normalized spacial score (nSPS) is 33.6. The molecule has 2 aliphatic rings. The van der Waals surface area contributed by atoms with E-state index in [-0.39, 0.29) is 6.03 Å². The largest absolute Gasteiger partial charge is 0.341 e. The first-order chi connectivity index (χ1) is 5.81. The molecule has 0 radical (unpaired) electrons. The lowest BCUT2D eigenvalue weighted by Gasteiger charge is -2.16. The number of nitrogens with one attached hydrogen (secondary N) is 2. The van der Waals surface area contributed by atoms with Crippen molar-refractivity contribution in [2.45, 2.75) is 0 Å². The lowest BCUT2D eigenvalue weighted by atomic mass is 10.0. The van der Waals surface area contributed by atoms with Crippen LogP contribution in [-0.2, 0) is 0 Å². The zero-order chi connectivity index (χ0) is 8.55. The maximum absolute atomic E-state index is 11.2. The van der Waals surface area contributed by atoms with Gasteiger partial charge in [0.25, 0.3) is 0 Å². The fourth-order valence-corrected chi connectivity index (χ4v) is 2.18. The molecule has 4 heteroatoms. The Labute approximate surface area is 72.3 Å². The summed E-state index contributed by atoms with van der Waals surface area (Å²) in [7, 11) is 1.69. The number of nitrogens with zero attached hydrogens (tertiary/aromatic N) is 1. The Morgan fingerprint density at radius 2 is 2.00 bits per heavy atom. The minimum atomic E-state index is 0.0735. The predicted molar refractivity (Wildman–Crippen MR) is 45.9 cm³/mol. The van der Waals surface area contributed by atoms with Crippen molar-refractivity contribution >= 4 is 6.03 Å². The van der Waals surface area contributed by atoms with E-state index in [1.807, 2.05) is 4.90 Å². The molecule has 2 rings (SSSR count). The van der Waals surface area contributed by atoms with Crippen molar-refractivity contribution in [3.63, 3.8) is 0 Å². The zero-order valence-corrected chi connectivity index (χ0v) is 7.34. The Balaban J connectivity index is 1.94. The van der Waals surface area contributed by atoms with Gasteiger partial charge in [-0.25, -0.2) is 4.79 Å². The van der Waals surface area contributed by atoms with E-state index in [1.165, 1.54) is 0 Å². The number of amides is 2. The second-order valence-corrected chi connectivity index (χ2v) is 3.64. The van der Waals surface area contributed by atoms with Gasteiger partial charge in [0.2, 0.25) is 0 Å². The Morgan fingerprint density at radius 3 is 2.50 bits per heavy atom. The average Bonchev–Trinajstić information content (AvgIpc) is 2.60. The van der Waals surface area contributed by atoms with Crippen LogP contribution in [0.15, 0.2) is 0 Å².